The summed E-state index contributed by atoms with van der Waals surface area (Å²) in [6.45, 7) is 8.40. The fourth-order valence-electron chi connectivity index (χ4n) is 2.59. The van der Waals surface area contributed by atoms with Crippen LogP contribution in [0.2, 0.25) is 5.02 Å². The van der Waals surface area contributed by atoms with Gasteiger partial charge in [-0.15, -0.1) is 0 Å². The largest absolute Gasteiger partial charge is 0.383 e. The molecule has 1 fully saturated rings. The number of hydrogen-bond acceptors (Lipinski definition) is 5. The smallest absolute Gasteiger partial charge is 0.201 e. The number of aromatic nitrogens is 2. The summed E-state index contributed by atoms with van der Waals surface area (Å²) >= 11 is 6.19. The zero-order valence-electron chi connectivity index (χ0n) is 12.9. The highest BCUT2D eigenvalue weighted by molar-refractivity contribution is 6.34. The Bertz CT molecular complexity index is 495. The standard InChI is InChI=1S/C14H23ClN4O2/c1-14(2,18-6-4-16-5-7-18)13(20)12-11(15)10-17-19(12)8-9-21-3/h10,16H,4-9H2,1-3H3. The lowest BCUT2D eigenvalue weighted by atomic mass is 9.93. The van der Waals surface area contributed by atoms with Crippen molar-refractivity contribution in [2.24, 2.45) is 0 Å². The number of nitrogens with zero attached hydrogens (tertiary/aromatic N) is 3. The first-order valence-electron chi connectivity index (χ1n) is 7.19. The number of hydrogen-bond donors (Lipinski definition) is 1. The molecular weight excluding hydrogens is 292 g/mol. The zero-order chi connectivity index (χ0) is 15.5. The van der Waals surface area contributed by atoms with Gasteiger partial charge in [0, 0.05) is 33.3 Å². The molecule has 0 aliphatic carbocycles. The van der Waals surface area contributed by atoms with E-state index in [1.165, 1.54) is 6.20 Å². The maximum absolute atomic E-state index is 13.0. The zero-order valence-corrected chi connectivity index (χ0v) is 13.6. The molecule has 2 heterocycles. The molecule has 1 aromatic rings. The van der Waals surface area contributed by atoms with E-state index in [2.05, 4.69) is 15.3 Å². The van der Waals surface area contributed by atoms with Gasteiger partial charge in [0.2, 0.25) is 5.78 Å². The number of carbonyl (C=O) groups excluding carboxylic acids is 1. The maximum atomic E-state index is 13.0. The van der Waals surface area contributed by atoms with Crippen LogP contribution in [0.4, 0.5) is 0 Å². The number of carbonyl (C=O) groups is 1. The summed E-state index contributed by atoms with van der Waals surface area (Å²) in [7, 11) is 1.62. The Hall–Kier alpha value is -0.950. The molecule has 0 atom stereocenters. The Morgan fingerprint density at radius 1 is 1.48 bits per heavy atom. The predicted octanol–water partition coefficient (Wildman–Crippen LogP) is 1.05. The quantitative estimate of drug-likeness (QED) is 0.795. The Morgan fingerprint density at radius 3 is 2.76 bits per heavy atom. The lowest BCUT2D eigenvalue weighted by Gasteiger charge is -2.39. The third kappa shape index (κ3) is 3.45. The van der Waals surface area contributed by atoms with Gasteiger partial charge in [-0.2, -0.15) is 5.10 Å². The van der Waals surface area contributed by atoms with Crippen molar-refractivity contribution < 1.29 is 9.53 Å². The topological polar surface area (TPSA) is 59.4 Å². The molecule has 0 amide bonds. The second-order valence-electron chi connectivity index (χ2n) is 5.68. The molecule has 1 saturated heterocycles. The van der Waals surface area contributed by atoms with Crippen molar-refractivity contribution in [1.82, 2.24) is 20.0 Å². The molecule has 1 aliphatic rings. The molecule has 1 aromatic heterocycles. The Kier molecular flexibility index (Phi) is 5.37. The van der Waals surface area contributed by atoms with Gasteiger partial charge in [-0.1, -0.05) is 11.6 Å². The summed E-state index contributed by atoms with van der Waals surface area (Å²) in [5, 5.41) is 7.89. The number of halogens is 1. The number of rotatable bonds is 6. The van der Waals surface area contributed by atoms with Gasteiger partial charge in [0.15, 0.2) is 0 Å². The van der Waals surface area contributed by atoms with Crippen molar-refractivity contribution >= 4 is 17.4 Å². The molecule has 2 rings (SSSR count). The molecule has 6 nitrogen and oxygen atoms in total. The van der Waals surface area contributed by atoms with Crippen molar-refractivity contribution in [2.75, 3.05) is 39.9 Å². The molecule has 118 valence electrons. The molecule has 0 aromatic carbocycles. The highest BCUT2D eigenvalue weighted by atomic mass is 35.5. The molecule has 0 bridgehead atoms. The van der Waals surface area contributed by atoms with E-state index in [-0.39, 0.29) is 5.78 Å². The van der Waals surface area contributed by atoms with Crippen LogP contribution in [0.3, 0.4) is 0 Å². The van der Waals surface area contributed by atoms with Gasteiger partial charge in [0.25, 0.3) is 0 Å². The van der Waals surface area contributed by atoms with Gasteiger partial charge in [-0.3, -0.25) is 14.4 Å². The molecule has 0 saturated carbocycles. The average Bonchev–Trinajstić information content (AvgIpc) is 2.86. The number of methoxy groups -OCH3 is 1. The fourth-order valence-corrected chi connectivity index (χ4v) is 2.82. The van der Waals surface area contributed by atoms with Crippen LogP contribution in [-0.4, -0.2) is 65.9 Å². The van der Waals surface area contributed by atoms with Crippen LogP contribution in [0.5, 0.6) is 0 Å². The molecule has 0 radical (unpaired) electrons. The normalized spacial score (nSPS) is 17.1. The van der Waals surface area contributed by atoms with Gasteiger partial charge in [0.05, 0.1) is 29.9 Å². The first-order chi connectivity index (χ1) is 9.98. The van der Waals surface area contributed by atoms with E-state index >= 15 is 0 Å². The van der Waals surface area contributed by atoms with Crippen LogP contribution in [0.1, 0.15) is 24.3 Å². The van der Waals surface area contributed by atoms with Crippen LogP contribution < -0.4 is 5.32 Å². The van der Waals surface area contributed by atoms with Crippen molar-refractivity contribution in [3.8, 4) is 0 Å². The summed E-state index contributed by atoms with van der Waals surface area (Å²) in [6, 6.07) is 0. The molecular formula is C14H23ClN4O2. The first kappa shape index (κ1) is 16.4. The van der Waals surface area contributed by atoms with Crippen LogP contribution in [-0.2, 0) is 11.3 Å². The summed E-state index contributed by atoms with van der Waals surface area (Å²) in [5.74, 6) is 0.00278. The van der Waals surface area contributed by atoms with E-state index in [0.717, 1.165) is 26.2 Å². The van der Waals surface area contributed by atoms with Crippen molar-refractivity contribution in [3.05, 3.63) is 16.9 Å². The van der Waals surface area contributed by atoms with Crippen molar-refractivity contribution in [3.63, 3.8) is 0 Å². The summed E-state index contributed by atoms with van der Waals surface area (Å²) in [5.41, 5.74) is -0.131. The van der Waals surface area contributed by atoms with E-state index in [1.54, 1.807) is 11.8 Å². The lowest BCUT2D eigenvalue weighted by Crippen LogP contribution is -2.57. The van der Waals surface area contributed by atoms with E-state index in [0.29, 0.717) is 23.9 Å². The second kappa shape index (κ2) is 6.87. The Balaban J connectivity index is 2.23. The summed E-state index contributed by atoms with van der Waals surface area (Å²) in [6.07, 6.45) is 1.53. The van der Waals surface area contributed by atoms with Gasteiger partial charge in [-0.25, -0.2) is 0 Å². The van der Waals surface area contributed by atoms with E-state index < -0.39 is 5.54 Å². The number of nitrogens with one attached hydrogen (secondary N) is 1. The first-order valence-corrected chi connectivity index (χ1v) is 7.57. The molecule has 1 N–H and O–H groups in total. The molecule has 0 unspecified atom stereocenters. The van der Waals surface area contributed by atoms with Gasteiger partial charge < -0.3 is 10.1 Å². The number of Topliss-reactive ketones (excluding diaryl/α,β-unsaturated/α-hetero) is 1. The van der Waals surface area contributed by atoms with E-state index in [4.69, 9.17) is 16.3 Å². The monoisotopic (exact) mass is 314 g/mol. The Morgan fingerprint density at radius 2 is 2.14 bits per heavy atom. The van der Waals surface area contributed by atoms with Crippen LogP contribution in [0, 0.1) is 0 Å². The third-order valence-corrected chi connectivity index (χ3v) is 4.26. The summed E-state index contributed by atoms with van der Waals surface area (Å²) in [4.78, 5) is 15.2. The van der Waals surface area contributed by atoms with Gasteiger partial charge in [0.1, 0.15) is 5.69 Å². The Labute approximate surface area is 130 Å². The van der Waals surface area contributed by atoms with E-state index in [1.807, 2.05) is 13.8 Å². The fraction of sp³-hybridized carbons (Fsp3) is 0.714. The minimum atomic E-state index is -0.601. The average molecular weight is 315 g/mol. The molecule has 21 heavy (non-hydrogen) atoms. The minimum absolute atomic E-state index is 0.00278. The second-order valence-corrected chi connectivity index (χ2v) is 6.09. The minimum Gasteiger partial charge on any atom is -0.383 e. The molecule has 0 spiro atoms. The van der Waals surface area contributed by atoms with Crippen molar-refractivity contribution in [1.29, 1.82) is 0 Å². The predicted molar refractivity (Wildman–Crippen MR) is 82.0 cm³/mol. The number of piperazine rings is 1. The SMILES string of the molecule is COCCn1ncc(Cl)c1C(=O)C(C)(C)N1CCNCC1. The third-order valence-electron chi connectivity index (χ3n) is 3.98. The highest BCUT2D eigenvalue weighted by Crippen LogP contribution is 2.25. The van der Waals surface area contributed by atoms with E-state index in [9.17, 15) is 4.79 Å². The summed E-state index contributed by atoms with van der Waals surface area (Å²) < 4.78 is 6.69. The highest BCUT2D eigenvalue weighted by Gasteiger charge is 2.38. The van der Waals surface area contributed by atoms with Crippen LogP contribution >= 0.6 is 11.6 Å². The molecule has 1 aliphatic heterocycles. The van der Waals surface area contributed by atoms with Gasteiger partial charge in [-0.05, 0) is 13.8 Å². The lowest BCUT2D eigenvalue weighted by molar-refractivity contribution is 0.0589. The van der Waals surface area contributed by atoms with Crippen LogP contribution in [0.15, 0.2) is 6.20 Å². The van der Waals surface area contributed by atoms with Crippen LogP contribution in [0.25, 0.3) is 0 Å². The maximum Gasteiger partial charge on any atom is 0.201 e. The van der Waals surface area contributed by atoms with Crippen molar-refractivity contribution in [2.45, 2.75) is 25.9 Å². The molecule has 7 heteroatoms. The van der Waals surface area contributed by atoms with Gasteiger partial charge >= 0.3 is 0 Å². The number of ketones is 1. The number of ether oxygens (including phenoxy) is 1.